The Balaban J connectivity index is 1.81. The normalized spacial score (nSPS) is 16.7. The number of rotatable bonds is 5. The first-order valence-corrected chi connectivity index (χ1v) is 7.18. The second-order valence-corrected chi connectivity index (χ2v) is 5.34. The van der Waals surface area contributed by atoms with Crippen molar-refractivity contribution in [1.82, 2.24) is 14.5 Å². The Labute approximate surface area is 113 Å². The highest BCUT2D eigenvalue weighted by Gasteiger charge is 2.12. The predicted octanol–water partition coefficient (Wildman–Crippen LogP) is 0.859. The van der Waals surface area contributed by atoms with Crippen LogP contribution in [0.4, 0.5) is 0 Å². The molecule has 1 aliphatic carbocycles. The molecule has 2 rings (SSSR count). The van der Waals surface area contributed by atoms with Gasteiger partial charge in [-0.05, 0) is 25.8 Å². The molecule has 0 amide bonds. The fraction of sp³-hybridized carbons (Fsp3) is 0.714. The van der Waals surface area contributed by atoms with E-state index in [2.05, 4.69) is 5.32 Å². The SMILES string of the molecule is Cn1ccc(=O)n(CCCNC2CCCCC2)c1=O. The van der Waals surface area contributed by atoms with Crippen molar-refractivity contribution in [3.05, 3.63) is 33.1 Å². The van der Waals surface area contributed by atoms with Crippen LogP contribution in [0.5, 0.6) is 0 Å². The summed E-state index contributed by atoms with van der Waals surface area (Å²) in [4.78, 5) is 23.4. The Kier molecular flexibility index (Phi) is 4.96. The summed E-state index contributed by atoms with van der Waals surface area (Å²) in [7, 11) is 1.67. The summed E-state index contributed by atoms with van der Waals surface area (Å²) >= 11 is 0. The Hall–Kier alpha value is -1.36. The van der Waals surface area contributed by atoms with Crippen LogP contribution in [-0.2, 0) is 13.6 Å². The minimum atomic E-state index is -0.231. The van der Waals surface area contributed by atoms with Gasteiger partial charge in [-0.3, -0.25) is 9.36 Å². The third kappa shape index (κ3) is 3.80. The number of aromatic nitrogens is 2. The molecule has 19 heavy (non-hydrogen) atoms. The lowest BCUT2D eigenvalue weighted by atomic mass is 9.95. The van der Waals surface area contributed by atoms with E-state index in [-0.39, 0.29) is 11.2 Å². The first kappa shape index (κ1) is 14.1. The molecule has 0 bridgehead atoms. The van der Waals surface area contributed by atoms with Gasteiger partial charge in [-0.25, -0.2) is 4.79 Å². The van der Waals surface area contributed by atoms with Gasteiger partial charge in [0.05, 0.1) is 0 Å². The fourth-order valence-electron chi connectivity index (χ4n) is 2.67. The molecule has 1 N–H and O–H groups in total. The van der Waals surface area contributed by atoms with Crippen LogP contribution in [-0.4, -0.2) is 21.7 Å². The topological polar surface area (TPSA) is 56.0 Å². The lowest BCUT2D eigenvalue weighted by Gasteiger charge is -2.22. The molecular weight excluding hydrogens is 242 g/mol. The highest BCUT2D eigenvalue weighted by molar-refractivity contribution is 4.85. The molecule has 1 heterocycles. The summed E-state index contributed by atoms with van der Waals surface area (Å²) in [5.41, 5.74) is -0.439. The fourth-order valence-corrected chi connectivity index (χ4v) is 2.67. The van der Waals surface area contributed by atoms with E-state index >= 15 is 0 Å². The number of hydrogen-bond donors (Lipinski definition) is 1. The van der Waals surface area contributed by atoms with E-state index in [1.807, 2.05) is 0 Å². The van der Waals surface area contributed by atoms with Crippen molar-refractivity contribution in [2.24, 2.45) is 7.05 Å². The van der Waals surface area contributed by atoms with Crippen LogP contribution in [0.2, 0.25) is 0 Å². The molecule has 0 atom stereocenters. The minimum absolute atomic E-state index is 0.208. The molecule has 0 radical (unpaired) electrons. The molecule has 106 valence electrons. The molecular formula is C14H23N3O2. The first-order valence-electron chi connectivity index (χ1n) is 7.18. The van der Waals surface area contributed by atoms with Gasteiger partial charge in [0.15, 0.2) is 0 Å². The number of aryl methyl sites for hydroxylation is 1. The lowest BCUT2D eigenvalue weighted by Crippen LogP contribution is -2.39. The van der Waals surface area contributed by atoms with Gasteiger partial charge in [-0.2, -0.15) is 0 Å². The van der Waals surface area contributed by atoms with Crippen LogP contribution < -0.4 is 16.6 Å². The molecule has 0 spiro atoms. The average Bonchev–Trinajstić information content (AvgIpc) is 2.43. The van der Waals surface area contributed by atoms with Crippen molar-refractivity contribution >= 4 is 0 Å². The van der Waals surface area contributed by atoms with Crippen LogP contribution >= 0.6 is 0 Å². The quantitative estimate of drug-likeness (QED) is 0.803. The molecule has 0 saturated heterocycles. The lowest BCUT2D eigenvalue weighted by molar-refractivity contribution is 0.367. The summed E-state index contributed by atoms with van der Waals surface area (Å²) in [6.45, 7) is 1.36. The molecule has 5 nitrogen and oxygen atoms in total. The van der Waals surface area contributed by atoms with Crippen LogP contribution in [0.3, 0.4) is 0 Å². The van der Waals surface area contributed by atoms with E-state index in [9.17, 15) is 9.59 Å². The summed E-state index contributed by atoms with van der Waals surface area (Å²) in [6, 6.07) is 2.07. The third-order valence-electron chi connectivity index (χ3n) is 3.84. The number of nitrogens with zero attached hydrogens (tertiary/aromatic N) is 2. The Morgan fingerprint density at radius 2 is 2.00 bits per heavy atom. The zero-order valence-corrected chi connectivity index (χ0v) is 11.6. The Morgan fingerprint density at radius 1 is 1.26 bits per heavy atom. The van der Waals surface area contributed by atoms with Gasteiger partial charge >= 0.3 is 5.69 Å². The van der Waals surface area contributed by atoms with Crippen LogP contribution in [0, 0.1) is 0 Å². The van der Waals surface area contributed by atoms with E-state index in [1.54, 1.807) is 7.05 Å². The van der Waals surface area contributed by atoms with Crippen molar-refractivity contribution in [3.8, 4) is 0 Å². The predicted molar refractivity (Wildman–Crippen MR) is 75.4 cm³/mol. The van der Waals surface area contributed by atoms with Crippen LogP contribution in [0.25, 0.3) is 0 Å². The van der Waals surface area contributed by atoms with Crippen molar-refractivity contribution < 1.29 is 0 Å². The second-order valence-electron chi connectivity index (χ2n) is 5.34. The summed E-state index contributed by atoms with van der Waals surface area (Å²) in [5, 5.41) is 3.52. The smallest absolute Gasteiger partial charge is 0.314 e. The molecule has 1 fully saturated rings. The zero-order valence-electron chi connectivity index (χ0n) is 11.6. The van der Waals surface area contributed by atoms with Gasteiger partial charge in [-0.15, -0.1) is 0 Å². The van der Waals surface area contributed by atoms with Crippen molar-refractivity contribution in [2.45, 2.75) is 51.1 Å². The molecule has 0 aromatic carbocycles. The summed E-state index contributed by atoms with van der Waals surface area (Å²) < 4.78 is 2.75. The van der Waals surface area contributed by atoms with Crippen molar-refractivity contribution in [3.63, 3.8) is 0 Å². The Bertz CT molecular complexity index is 512. The molecule has 1 aromatic heterocycles. The number of hydrogen-bond acceptors (Lipinski definition) is 3. The van der Waals surface area contributed by atoms with Crippen LogP contribution in [0.1, 0.15) is 38.5 Å². The van der Waals surface area contributed by atoms with Crippen molar-refractivity contribution in [1.29, 1.82) is 0 Å². The maximum Gasteiger partial charge on any atom is 0.330 e. The highest BCUT2D eigenvalue weighted by Crippen LogP contribution is 2.17. The number of nitrogens with one attached hydrogen (secondary N) is 1. The van der Waals surface area contributed by atoms with Gasteiger partial charge < -0.3 is 9.88 Å². The van der Waals surface area contributed by atoms with Gasteiger partial charge in [0, 0.05) is 31.9 Å². The van der Waals surface area contributed by atoms with Gasteiger partial charge in [0.2, 0.25) is 0 Å². The maximum atomic E-state index is 11.8. The molecule has 0 unspecified atom stereocenters. The van der Waals surface area contributed by atoms with E-state index in [1.165, 1.54) is 53.5 Å². The Morgan fingerprint density at radius 3 is 2.74 bits per heavy atom. The standard InChI is InChI=1S/C14H23N3O2/c1-16-11-8-13(18)17(14(16)19)10-5-9-15-12-6-3-2-4-7-12/h8,11-12,15H,2-7,9-10H2,1H3. The highest BCUT2D eigenvalue weighted by atomic mass is 16.2. The first-order chi connectivity index (χ1) is 9.18. The van der Waals surface area contributed by atoms with Crippen molar-refractivity contribution in [2.75, 3.05) is 6.54 Å². The van der Waals surface area contributed by atoms with Gasteiger partial charge in [-0.1, -0.05) is 19.3 Å². The maximum absolute atomic E-state index is 11.8. The monoisotopic (exact) mass is 265 g/mol. The largest absolute Gasteiger partial charge is 0.330 e. The summed E-state index contributed by atoms with van der Waals surface area (Å²) in [5.74, 6) is 0. The van der Waals surface area contributed by atoms with Gasteiger partial charge in [0.25, 0.3) is 5.56 Å². The summed E-state index contributed by atoms with van der Waals surface area (Å²) in [6.07, 6.45) is 8.83. The molecule has 5 heteroatoms. The van der Waals surface area contributed by atoms with E-state index < -0.39 is 0 Å². The molecule has 0 aliphatic heterocycles. The second kappa shape index (κ2) is 6.70. The molecule has 1 aliphatic rings. The van der Waals surface area contributed by atoms with Gasteiger partial charge in [0.1, 0.15) is 0 Å². The van der Waals surface area contributed by atoms with E-state index in [4.69, 9.17) is 0 Å². The molecule has 1 saturated carbocycles. The molecule has 1 aromatic rings. The van der Waals surface area contributed by atoms with E-state index in [0.717, 1.165) is 13.0 Å². The third-order valence-corrected chi connectivity index (χ3v) is 3.84. The van der Waals surface area contributed by atoms with E-state index in [0.29, 0.717) is 12.6 Å². The van der Waals surface area contributed by atoms with Crippen LogP contribution in [0.15, 0.2) is 21.9 Å². The minimum Gasteiger partial charge on any atom is -0.314 e. The zero-order chi connectivity index (χ0) is 13.7. The average molecular weight is 265 g/mol.